The zero-order chi connectivity index (χ0) is 19.1. The fraction of sp³-hybridized carbons (Fsp3) is 0.167. The number of hydrazone groups is 1. The Kier molecular flexibility index (Phi) is 7.35. The average Bonchev–Trinajstić information content (AvgIpc) is 2.60. The van der Waals surface area contributed by atoms with E-state index in [1.807, 2.05) is 25.1 Å². The molecule has 0 aliphatic heterocycles. The van der Waals surface area contributed by atoms with Gasteiger partial charge in [-0.25, -0.2) is 5.43 Å². The van der Waals surface area contributed by atoms with Crippen LogP contribution in [0.5, 0.6) is 5.75 Å². The van der Waals surface area contributed by atoms with E-state index in [1.54, 1.807) is 18.2 Å². The van der Waals surface area contributed by atoms with E-state index in [0.29, 0.717) is 20.2 Å². The van der Waals surface area contributed by atoms with E-state index < -0.39 is 11.8 Å². The number of rotatable bonds is 6. The number of carbonyl (C=O) groups is 2. The van der Waals surface area contributed by atoms with Crippen LogP contribution in [0.3, 0.4) is 0 Å². The summed E-state index contributed by atoms with van der Waals surface area (Å²) in [5.41, 5.74) is 4.67. The molecule has 0 aliphatic rings. The summed E-state index contributed by atoms with van der Waals surface area (Å²) in [7, 11) is 0. The fourth-order valence-corrected chi connectivity index (χ4v) is 3.39. The topological polar surface area (TPSA) is 90.8 Å². The molecule has 0 radical (unpaired) electrons. The minimum Gasteiger partial charge on any atom is -0.506 e. The molecular weight excluding hydrogens is 466 g/mol. The summed E-state index contributed by atoms with van der Waals surface area (Å²) in [4.78, 5) is 23.8. The highest BCUT2D eigenvalue weighted by Gasteiger charge is 2.10. The number of nitrogens with one attached hydrogen (secondary N) is 2. The van der Waals surface area contributed by atoms with Crippen LogP contribution >= 0.6 is 31.9 Å². The molecule has 0 spiro atoms. The normalized spacial score (nSPS) is 10.7. The second kappa shape index (κ2) is 9.49. The SMILES string of the molecule is CCc1ccccc1NC(=O)CC(=O)N/N=C/c1cc(Br)c(O)c(Br)c1. The van der Waals surface area contributed by atoms with Crippen molar-refractivity contribution in [2.24, 2.45) is 5.10 Å². The molecule has 2 amide bonds. The first-order valence-electron chi connectivity index (χ1n) is 7.78. The largest absolute Gasteiger partial charge is 0.506 e. The minimum absolute atomic E-state index is 0.0789. The minimum atomic E-state index is -0.523. The molecule has 6 nitrogen and oxygen atoms in total. The molecule has 26 heavy (non-hydrogen) atoms. The monoisotopic (exact) mass is 481 g/mol. The van der Waals surface area contributed by atoms with Gasteiger partial charge in [0.2, 0.25) is 11.8 Å². The third kappa shape index (κ3) is 5.67. The number of aryl methyl sites for hydroxylation is 1. The van der Waals surface area contributed by atoms with E-state index in [-0.39, 0.29) is 12.2 Å². The van der Waals surface area contributed by atoms with Crippen molar-refractivity contribution in [2.75, 3.05) is 5.32 Å². The van der Waals surface area contributed by atoms with Crippen LogP contribution in [0.4, 0.5) is 5.69 Å². The predicted molar refractivity (Wildman–Crippen MR) is 108 cm³/mol. The Morgan fingerprint density at radius 2 is 1.81 bits per heavy atom. The molecule has 3 N–H and O–H groups in total. The zero-order valence-electron chi connectivity index (χ0n) is 13.9. The van der Waals surface area contributed by atoms with Gasteiger partial charge in [-0.15, -0.1) is 0 Å². The van der Waals surface area contributed by atoms with Crippen molar-refractivity contribution < 1.29 is 14.7 Å². The second-order valence-electron chi connectivity index (χ2n) is 5.36. The summed E-state index contributed by atoms with van der Waals surface area (Å²) in [6, 6.07) is 10.7. The average molecular weight is 483 g/mol. The lowest BCUT2D eigenvalue weighted by Gasteiger charge is -2.09. The lowest BCUT2D eigenvalue weighted by molar-refractivity contribution is -0.126. The van der Waals surface area contributed by atoms with Gasteiger partial charge in [-0.2, -0.15) is 5.10 Å². The molecule has 0 atom stereocenters. The van der Waals surface area contributed by atoms with Crippen LogP contribution in [0, 0.1) is 0 Å². The summed E-state index contributed by atoms with van der Waals surface area (Å²) in [6.07, 6.45) is 1.86. The van der Waals surface area contributed by atoms with Gasteiger partial charge in [-0.05, 0) is 67.6 Å². The molecule has 0 saturated heterocycles. The van der Waals surface area contributed by atoms with Gasteiger partial charge in [0.1, 0.15) is 12.2 Å². The molecule has 0 heterocycles. The highest BCUT2D eigenvalue weighted by atomic mass is 79.9. The van der Waals surface area contributed by atoms with Crippen LogP contribution in [0.15, 0.2) is 50.4 Å². The number of carbonyl (C=O) groups excluding carboxylic acids is 2. The number of phenols is 1. The van der Waals surface area contributed by atoms with E-state index >= 15 is 0 Å². The maximum Gasteiger partial charge on any atom is 0.249 e. The smallest absolute Gasteiger partial charge is 0.249 e. The van der Waals surface area contributed by atoms with Crippen molar-refractivity contribution in [3.8, 4) is 5.75 Å². The summed E-state index contributed by atoms with van der Waals surface area (Å²) in [5.74, 6) is -0.853. The van der Waals surface area contributed by atoms with E-state index in [1.165, 1.54) is 6.21 Å². The lowest BCUT2D eigenvalue weighted by atomic mass is 10.1. The molecule has 0 bridgehead atoms. The van der Waals surface area contributed by atoms with Crippen LogP contribution in [0.2, 0.25) is 0 Å². The Morgan fingerprint density at radius 3 is 2.46 bits per heavy atom. The second-order valence-corrected chi connectivity index (χ2v) is 7.07. The van der Waals surface area contributed by atoms with E-state index in [9.17, 15) is 14.7 Å². The van der Waals surface area contributed by atoms with Gasteiger partial charge < -0.3 is 10.4 Å². The van der Waals surface area contributed by atoms with Crippen molar-refractivity contribution in [1.82, 2.24) is 5.43 Å². The van der Waals surface area contributed by atoms with Gasteiger partial charge >= 0.3 is 0 Å². The third-order valence-corrected chi connectivity index (χ3v) is 4.64. The quantitative estimate of drug-likeness (QED) is 0.330. The standard InChI is InChI=1S/C18H17Br2N3O3/c1-2-12-5-3-4-6-15(12)22-16(24)9-17(25)23-21-10-11-7-13(19)18(26)14(20)8-11/h3-8,10,26H,2,9H2,1H3,(H,22,24)(H,23,25)/b21-10+. The first-order chi connectivity index (χ1) is 12.4. The van der Waals surface area contributed by atoms with Gasteiger partial charge in [-0.1, -0.05) is 25.1 Å². The Morgan fingerprint density at radius 1 is 1.15 bits per heavy atom. The van der Waals surface area contributed by atoms with Crippen LogP contribution in [-0.2, 0) is 16.0 Å². The molecule has 2 aromatic rings. The number of phenolic OH excluding ortho intramolecular Hbond substituents is 1. The van der Waals surface area contributed by atoms with Crippen molar-refractivity contribution >= 4 is 55.6 Å². The molecule has 2 aromatic carbocycles. The van der Waals surface area contributed by atoms with E-state index in [2.05, 4.69) is 47.7 Å². The fourth-order valence-electron chi connectivity index (χ4n) is 2.17. The summed E-state index contributed by atoms with van der Waals surface area (Å²) >= 11 is 6.42. The molecule has 136 valence electrons. The molecule has 0 fully saturated rings. The van der Waals surface area contributed by atoms with E-state index in [4.69, 9.17) is 0 Å². The molecular formula is C18H17Br2N3O3. The summed E-state index contributed by atoms with van der Waals surface area (Å²) < 4.78 is 0.988. The number of para-hydroxylation sites is 1. The Hall–Kier alpha value is -2.19. The number of aromatic hydroxyl groups is 1. The molecule has 8 heteroatoms. The molecule has 0 saturated carbocycles. The molecule has 0 unspecified atom stereocenters. The first kappa shape index (κ1) is 20.1. The maximum atomic E-state index is 12.0. The number of hydrogen-bond acceptors (Lipinski definition) is 4. The van der Waals surface area contributed by atoms with Gasteiger partial charge in [0.05, 0.1) is 15.2 Å². The first-order valence-corrected chi connectivity index (χ1v) is 9.37. The van der Waals surface area contributed by atoms with Crippen molar-refractivity contribution in [3.05, 3.63) is 56.5 Å². The summed E-state index contributed by atoms with van der Waals surface area (Å²) in [6.45, 7) is 1.99. The van der Waals surface area contributed by atoms with Crippen molar-refractivity contribution in [1.29, 1.82) is 0 Å². The Bertz CT molecular complexity index is 830. The van der Waals surface area contributed by atoms with Crippen LogP contribution in [0.25, 0.3) is 0 Å². The molecule has 0 aromatic heterocycles. The zero-order valence-corrected chi connectivity index (χ0v) is 17.1. The number of anilines is 1. The highest BCUT2D eigenvalue weighted by molar-refractivity contribution is 9.11. The van der Waals surface area contributed by atoms with Gasteiger partial charge in [0.15, 0.2) is 0 Å². The van der Waals surface area contributed by atoms with Crippen molar-refractivity contribution in [3.63, 3.8) is 0 Å². The third-order valence-electron chi connectivity index (χ3n) is 3.44. The number of hydrogen-bond donors (Lipinski definition) is 3. The maximum absolute atomic E-state index is 12.0. The van der Waals surface area contributed by atoms with Crippen molar-refractivity contribution in [2.45, 2.75) is 19.8 Å². The van der Waals surface area contributed by atoms with Crippen LogP contribution in [0.1, 0.15) is 24.5 Å². The lowest BCUT2D eigenvalue weighted by Crippen LogP contribution is -2.25. The Labute approximate surface area is 167 Å². The Balaban J connectivity index is 1.89. The highest BCUT2D eigenvalue weighted by Crippen LogP contribution is 2.32. The molecule has 2 rings (SSSR count). The number of amides is 2. The number of nitrogens with zero attached hydrogens (tertiary/aromatic N) is 1. The molecule has 0 aliphatic carbocycles. The predicted octanol–water partition coefficient (Wildman–Crippen LogP) is 3.96. The van der Waals surface area contributed by atoms with Crippen LogP contribution in [-0.4, -0.2) is 23.1 Å². The number of benzene rings is 2. The van der Waals surface area contributed by atoms with Gasteiger partial charge in [0.25, 0.3) is 0 Å². The van der Waals surface area contributed by atoms with E-state index in [0.717, 1.165) is 12.0 Å². The summed E-state index contributed by atoms with van der Waals surface area (Å²) in [5, 5.41) is 16.2. The van der Waals surface area contributed by atoms with Gasteiger partial charge in [0, 0.05) is 5.69 Å². The van der Waals surface area contributed by atoms with Gasteiger partial charge in [-0.3, -0.25) is 9.59 Å². The van der Waals surface area contributed by atoms with Crippen LogP contribution < -0.4 is 10.7 Å². The number of halogens is 2.